The zero-order chi connectivity index (χ0) is 13.7. The van der Waals surface area contributed by atoms with Crippen molar-refractivity contribution in [3.8, 4) is 0 Å². The number of hydrogen-bond acceptors (Lipinski definition) is 1. The topological polar surface area (TPSA) is 20.3 Å². The number of amides is 1. The molecule has 2 rings (SSSR count). The van der Waals surface area contributed by atoms with Crippen molar-refractivity contribution < 1.29 is 9.18 Å². The number of benzene rings is 1. The Morgan fingerprint density at radius 3 is 2.58 bits per heavy atom. The summed E-state index contributed by atoms with van der Waals surface area (Å²) in [4.78, 5) is 13.7. The Hall–Kier alpha value is -1.38. The maximum Gasteiger partial charge on any atom is 0.226 e. The lowest BCUT2D eigenvalue weighted by molar-refractivity contribution is -0.118. The van der Waals surface area contributed by atoms with Crippen LogP contribution in [-0.2, 0) is 4.79 Å². The molecule has 1 aliphatic carbocycles. The van der Waals surface area contributed by atoms with Crippen molar-refractivity contribution in [2.24, 2.45) is 5.92 Å². The van der Waals surface area contributed by atoms with Crippen LogP contribution in [0.1, 0.15) is 45.4 Å². The maximum atomic E-state index is 13.9. The van der Waals surface area contributed by atoms with Crippen LogP contribution in [0, 0.1) is 11.7 Å². The van der Waals surface area contributed by atoms with E-state index in [2.05, 4.69) is 0 Å². The summed E-state index contributed by atoms with van der Waals surface area (Å²) in [6.45, 7) is 2.49. The molecular formula is C16H22FNO. The summed E-state index contributed by atoms with van der Waals surface area (Å²) >= 11 is 0. The number of carbonyl (C=O) groups excluding carboxylic acids is 1. The van der Waals surface area contributed by atoms with Crippen molar-refractivity contribution in [3.05, 3.63) is 30.1 Å². The Morgan fingerprint density at radius 2 is 1.95 bits per heavy atom. The molecule has 0 atom stereocenters. The van der Waals surface area contributed by atoms with Gasteiger partial charge in [-0.05, 0) is 30.9 Å². The molecule has 0 radical (unpaired) electrons. The second kappa shape index (κ2) is 6.69. The smallest absolute Gasteiger partial charge is 0.226 e. The average Bonchev–Trinajstić information content (AvgIpc) is 2.46. The van der Waals surface area contributed by atoms with Crippen LogP contribution in [0.4, 0.5) is 10.1 Å². The summed E-state index contributed by atoms with van der Waals surface area (Å²) < 4.78 is 13.9. The van der Waals surface area contributed by atoms with Gasteiger partial charge in [-0.3, -0.25) is 4.79 Å². The van der Waals surface area contributed by atoms with E-state index in [9.17, 15) is 9.18 Å². The summed E-state index contributed by atoms with van der Waals surface area (Å²) in [5.74, 6) is 0.222. The fourth-order valence-corrected chi connectivity index (χ4v) is 2.82. The highest BCUT2D eigenvalue weighted by Crippen LogP contribution is 2.28. The molecule has 1 saturated carbocycles. The Balaban J connectivity index is 2.16. The van der Waals surface area contributed by atoms with Gasteiger partial charge in [0.15, 0.2) is 0 Å². The number of para-hydroxylation sites is 1. The number of anilines is 1. The first-order chi connectivity index (χ1) is 9.22. The minimum Gasteiger partial charge on any atom is -0.309 e. The molecule has 0 bridgehead atoms. The van der Waals surface area contributed by atoms with E-state index < -0.39 is 0 Å². The zero-order valence-electron chi connectivity index (χ0n) is 11.6. The van der Waals surface area contributed by atoms with Gasteiger partial charge in [-0.1, -0.05) is 38.3 Å². The molecule has 1 fully saturated rings. The molecule has 0 aliphatic heterocycles. The second-order valence-electron chi connectivity index (χ2n) is 5.31. The maximum absolute atomic E-state index is 13.9. The van der Waals surface area contributed by atoms with Crippen LogP contribution in [0.3, 0.4) is 0 Å². The summed E-state index contributed by atoms with van der Waals surface area (Å²) in [5, 5.41) is 0. The fourth-order valence-electron chi connectivity index (χ4n) is 2.82. The molecule has 0 unspecified atom stereocenters. The molecule has 0 aromatic heterocycles. The van der Waals surface area contributed by atoms with Crippen molar-refractivity contribution in [2.75, 3.05) is 11.4 Å². The average molecular weight is 263 g/mol. The van der Waals surface area contributed by atoms with Gasteiger partial charge in [0.1, 0.15) is 5.82 Å². The first-order valence-electron chi connectivity index (χ1n) is 7.27. The first kappa shape index (κ1) is 14.0. The second-order valence-corrected chi connectivity index (χ2v) is 5.31. The predicted molar refractivity (Wildman–Crippen MR) is 75.6 cm³/mol. The molecule has 19 heavy (non-hydrogen) atoms. The van der Waals surface area contributed by atoms with Crippen LogP contribution in [0.25, 0.3) is 0 Å². The van der Waals surface area contributed by atoms with Crippen molar-refractivity contribution >= 4 is 11.6 Å². The van der Waals surface area contributed by atoms with Gasteiger partial charge in [0.2, 0.25) is 5.91 Å². The SMILES string of the molecule is CCC(=O)N(CC1CCCCC1)c1ccccc1F. The van der Waals surface area contributed by atoms with Gasteiger partial charge in [-0.2, -0.15) is 0 Å². The highest BCUT2D eigenvalue weighted by Gasteiger charge is 2.22. The van der Waals surface area contributed by atoms with E-state index in [0.717, 1.165) is 12.8 Å². The summed E-state index contributed by atoms with van der Waals surface area (Å²) in [5.41, 5.74) is 0.430. The van der Waals surface area contributed by atoms with E-state index in [4.69, 9.17) is 0 Å². The quantitative estimate of drug-likeness (QED) is 0.799. The van der Waals surface area contributed by atoms with E-state index in [0.29, 0.717) is 24.6 Å². The number of halogens is 1. The molecule has 1 amide bonds. The zero-order valence-corrected chi connectivity index (χ0v) is 11.6. The van der Waals surface area contributed by atoms with E-state index in [1.54, 1.807) is 23.1 Å². The Kier molecular flexibility index (Phi) is 4.94. The van der Waals surface area contributed by atoms with Crippen LogP contribution in [0.2, 0.25) is 0 Å². The lowest BCUT2D eigenvalue weighted by Gasteiger charge is -2.30. The lowest BCUT2D eigenvalue weighted by Crippen LogP contribution is -2.36. The van der Waals surface area contributed by atoms with Crippen molar-refractivity contribution in [1.29, 1.82) is 0 Å². The summed E-state index contributed by atoms with van der Waals surface area (Å²) in [6.07, 6.45) is 6.48. The highest BCUT2D eigenvalue weighted by atomic mass is 19.1. The van der Waals surface area contributed by atoms with Crippen molar-refractivity contribution in [3.63, 3.8) is 0 Å². The Labute approximate surface area is 114 Å². The van der Waals surface area contributed by atoms with E-state index in [1.807, 2.05) is 6.92 Å². The first-order valence-corrected chi connectivity index (χ1v) is 7.27. The lowest BCUT2D eigenvalue weighted by atomic mass is 9.88. The number of hydrogen-bond donors (Lipinski definition) is 0. The normalized spacial score (nSPS) is 16.3. The number of rotatable bonds is 4. The van der Waals surface area contributed by atoms with E-state index in [-0.39, 0.29) is 11.7 Å². The molecule has 1 aromatic rings. The Morgan fingerprint density at radius 1 is 1.26 bits per heavy atom. The minimum absolute atomic E-state index is 0.00988. The standard InChI is InChI=1S/C16H22FNO/c1-2-16(19)18(12-13-8-4-3-5-9-13)15-11-7-6-10-14(15)17/h6-7,10-11,13H,2-5,8-9,12H2,1H3. The van der Waals surface area contributed by atoms with Gasteiger partial charge in [0, 0.05) is 13.0 Å². The minimum atomic E-state index is -0.305. The van der Waals surface area contributed by atoms with Crippen LogP contribution in [-0.4, -0.2) is 12.5 Å². The molecule has 0 spiro atoms. The van der Waals surface area contributed by atoms with Gasteiger partial charge in [0.05, 0.1) is 5.69 Å². The highest BCUT2D eigenvalue weighted by molar-refractivity contribution is 5.93. The third kappa shape index (κ3) is 3.55. The predicted octanol–water partition coefficient (Wildman–Crippen LogP) is 4.15. The molecule has 1 aliphatic rings. The van der Waals surface area contributed by atoms with Gasteiger partial charge < -0.3 is 4.90 Å². The fraction of sp³-hybridized carbons (Fsp3) is 0.562. The van der Waals surface area contributed by atoms with Crippen LogP contribution < -0.4 is 4.90 Å². The molecule has 104 valence electrons. The van der Waals surface area contributed by atoms with E-state index >= 15 is 0 Å². The van der Waals surface area contributed by atoms with Crippen molar-refractivity contribution in [1.82, 2.24) is 0 Å². The monoisotopic (exact) mass is 263 g/mol. The van der Waals surface area contributed by atoms with E-state index in [1.165, 1.54) is 25.3 Å². The largest absolute Gasteiger partial charge is 0.309 e. The number of carbonyl (C=O) groups is 1. The molecule has 0 saturated heterocycles. The Bertz CT molecular complexity index is 427. The third-order valence-corrected chi connectivity index (χ3v) is 3.91. The van der Waals surface area contributed by atoms with Gasteiger partial charge in [-0.15, -0.1) is 0 Å². The van der Waals surface area contributed by atoms with Gasteiger partial charge >= 0.3 is 0 Å². The molecule has 0 N–H and O–H groups in total. The number of nitrogens with zero attached hydrogens (tertiary/aromatic N) is 1. The van der Waals surface area contributed by atoms with Gasteiger partial charge in [0.25, 0.3) is 0 Å². The van der Waals surface area contributed by atoms with Gasteiger partial charge in [-0.25, -0.2) is 4.39 Å². The summed E-state index contributed by atoms with van der Waals surface area (Å²) in [7, 11) is 0. The molecule has 0 heterocycles. The van der Waals surface area contributed by atoms with Crippen LogP contribution >= 0.6 is 0 Å². The van der Waals surface area contributed by atoms with Crippen LogP contribution in [0.15, 0.2) is 24.3 Å². The molecule has 2 nitrogen and oxygen atoms in total. The summed E-state index contributed by atoms with van der Waals surface area (Å²) in [6, 6.07) is 6.57. The molecule has 3 heteroatoms. The van der Waals surface area contributed by atoms with Crippen molar-refractivity contribution in [2.45, 2.75) is 45.4 Å². The third-order valence-electron chi connectivity index (χ3n) is 3.91. The molecule has 1 aromatic carbocycles. The van der Waals surface area contributed by atoms with Crippen LogP contribution in [0.5, 0.6) is 0 Å². The molecular weight excluding hydrogens is 241 g/mol.